The van der Waals surface area contributed by atoms with E-state index in [0.717, 1.165) is 29.8 Å². The number of aryl methyl sites for hydroxylation is 2. The van der Waals surface area contributed by atoms with E-state index in [0.29, 0.717) is 11.6 Å². The average molecular weight is 358 g/mol. The van der Waals surface area contributed by atoms with Gasteiger partial charge >= 0.3 is 0 Å². The summed E-state index contributed by atoms with van der Waals surface area (Å²) < 4.78 is 40.3. The standard InChI is InChI=1S/C19H17F3N4/c1-3-12-6-4-5-7-14(12)25-19-23-11(2)10-16(26-19)24-15-9-8-13(20)17(21)18(15)22/h4-10H,3H2,1-2H3,(H2,23,24,25,26). The van der Waals surface area contributed by atoms with E-state index in [1.807, 2.05) is 31.2 Å². The monoisotopic (exact) mass is 358 g/mol. The van der Waals surface area contributed by atoms with Gasteiger partial charge in [0.15, 0.2) is 17.5 Å². The van der Waals surface area contributed by atoms with Crippen molar-refractivity contribution in [2.75, 3.05) is 10.6 Å². The quantitative estimate of drug-likeness (QED) is 0.612. The van der Waals surface area contributed by atoms with Crippen LogP contribution in [0.2, 0.25) is 0 Å². The third kappa shape index (κ3) is 3.77. The summed E-state index contributed by atoms with van der Waals surface area (Å²) in [4.78, 5) is 8.59. The van der Waals surface area contributed by atoms with E-state index in [4.69, 9.17) is 0 Å². The zero-order valence-electron chi connectivity index (χ0n) is 14.3. The van der Waals surface area contributed by atoms with Crippen LogP contribution in [0.4, 0.5) is 36.3 Å². The zero-order chi connectivity index (χ0) is 18.7. The Balaban J connectivity index is 1.90. The first-order chi connectivity index (χ1) is 12.5. The molecular weight excluding hydrogens is 341 g/mol. The molecule has 2 aromatic carbocycles. The van der Waals surface area contributed by atoms with Gasteiger partial charge in [0.2, 0.25) is 5.95 Å². The fourth-order valence-corrected chi connectivity index (χ4v) is 2.52. The normalized spacial score (nSPS) is 10.7. The molecule has 0 radical (unpaired) electrons. The largest absolute Gasteiger partial charge is 0.338 e. The molecule has 7 heteroatoms. The van der Waals surface area contributed by atoms with Crippen molar-refractivity contribution >= 4 is 23.1 Å². The summed E-state index contributed by atoms with van der Waals surface area (Å²) in [7, 11) is 0. The lowest BCUT2D eigenvalue weighted by molar-refractivity contribution is 0.449. The van der Waals surface area contributed by atoms with Crippen LogP contribution in [0.25, 0.3) is 0 Å². The lowest BCUT2D eigenvalue weighted by Gasteiger charge is -2.12. The van der Waals surface area contributed by atoms with E-state index in [-0.39, 0.29) is 11.5 Å². The first kappa shape index (κ1) is 17.7. The molecule has 134 valence electrons. The van der Waals surface area contributed by atoms with Crippen LogP contribution in [-0.2, 0) is 6.42 Å². The van der Waals surface area contributed by atoms with Gasteiger partial charge in [-0.1, -0.05) is 25.1 Å². The second kappa shape index (κ2) is 7.43. The summed E-state index contributed by atoms with van der Waals surface area (Å²) in [6.07, 6.45) is 0.833. The molecule has 0 spiro atoms. The Morgan fingerprint density at radius 3 is 2.42 bits per heavy atom. The molecular formula is C19H17F3N4. The Morgan fingerprint density at radius 1 is 0.885 bits per heavy atom. The number of para-hydroxylation sites is 1. The van der Waals surface area contributed by atoms with Crippen LogP contribution in [0.5, 0.6) is 0 Å². The van der Waals surface area contributed by atoms with E-state index in [9.17, 15) is 13.2 Å². The van der Waals surface area contributed by atoms with Gasteiger partial charge in [0, 0.05) is 17.4 Å². The minimum Gasteiger partial charge on any atom is -0.338 e. The molecule has 0 saturated heterocycles. The van der Waals surface area contributed by atoms with Crippen molar-refractivity contribution in [2.24, 2.45) is 0 Å². The number of anilines is 4. The number of halogens is 3. The smallest absolute Gasteiger partial charge is 0.229 e. The number of nitrogens with zero attached hydrogens (tertiary/aromatic N) is 2. The van der Waals surface area contributed by atoms with Crippen molar-refractivity contribution in [3.05, 3.63) is 71.2 Å². The van der Waals surface area contributed by atoms with Gasteiger partial charge in [-0.2, -0.15) is 4.98 Å². The highest BCUT2D eigenvalue weighted by atomic mass is 19.2. The van der Waals surface area contributed by atoms with Crippen molar-refractivity contribution in [3.8, 4) is 0 Å². The van der Waals surface area contributed by atoms with Gasteiger partial charge in [0.05, 0.1) is 5.69 Å². The fraction of sp³-hybridized carbons (Fsp3) is 0.158. The summed E-state index contributed by atoms with van der Waals surface area (Å²) in [6, 6.07) is 11.3. The lowest BCUT2D eigenvalue weighted by Crippen LogP contribution is -2.05. The molecule has 3 rings (SSSR count). The number of nitrogens with one attached hydrogen (secondary N) is 2. The van der Waals surface area contributed by atoms with Crippen LogP contribution >= 0.6 is 0 Å². The second-order valence-corrected chi connectivity index (χ2v) is 5.70. The lowest BCUT2D eigenvalue weighted by atomic mass is 10.1. The Labute approximate surface area is 149 Å². The van der Waals surface area contributed by atoms with Gasteiger partial charge in [0.1, 0.15) is 5.82 Å². The molecule has 3 aromatic rings. The molecule has 26 heavy (non-hydrogen) atoms. The summed E-state index contributed by atoms with van der Waals surface area (Å²) >= 11 is 0. The predicted molar refractivity (Wildman–Crippen MR) is 95.5 cm³/mol. The molecule has 1 heterocycles. The maximum Gasteiger partial charge on any atom is 0.229 e. The summed E-state index contributed by atoms with van der Waals surface area (Å²) in [5, 5.41) is 5.80. The van der Waals surface area contributed by atoms with Crippen molar-refractivity contribution in [2.45, 2.75) is 20.3 Å². The zero-order valence-corrected chi connectivity index (χ0v) is 14.3. The first-order valence-electron chi connectivity index (χ1n) is 8.09. The predicted octanol–water partition coefficient (Wildman–Crippen LogP) is 5.25. The highest BCUT2D eigenvalue weighted by Gasteiger charge is 2.14. The van der Waals surface area contributed by atoms with E-state index in [2.05, 4.69) is 20.6 Å². The molecule has 0 aliphatic rings. The van der Waals surface area contributed by atoms with Gasteiger partial charge in [-0.3, -0.25) is 0 Å². The molecule has 0 unspecified atom stereocenters. The number of hydrogen-bond acceptors (Lipinski definition) is 4. The highest BCUT2D eigenvalue weighted by Crippen LogP contribution is 2.25. The Hall–Kier alpha value is -3.09. The van der Waals surface area contributed by atoms with Crippen molar-refractivity contribution < 1.29 is 13.2 Å². The topological polar surface area (TPSA) is 49.8 Å². The molecule has 4 nitrogen and oxygen atoms in total. The molecule has 1 aromatic heterocycles. The van der Waals surface area contributed by atoms with E-state index in [1.54, 1.807) is 13.0 Å². The maximum absolute atomic E-state index is 13.9. The molecule has 0 fully saturated rings. The number of rotatable bonds is 5. The summed E-state index contributed by atoms with van der Waals surface area (Å²) in [6.45, 7) is 3.79. The average Bonchev–Trinajstić information content (AvgIpc) is 2.62. The minimum absolute atomic E-state index is 0.207. The Bertz CT molecular complexity index is 944. The number of hydrogen-bond donors (Lipinski definition) is 2. The third-order valence-corrected chi connectivity index (χ3v) is 3.80. The van der Waals surface area contributed by atoms with E-state index >= 15 is 0 Å². The Kier molecular flexibility index (Phi) is 5.06. The highest BCUT2D eigenvalue weighted by molar-refractivity contribution is 5.62. The number of aromatic nitrogens is 2. The Morgan fingerprint density at radius 2 is 1.65 bits per heavy atom. The van der Waals surface area contributed by atoms with Crippen LogP contribution < -0.4 is 10.6 Å². The van der Waals surface area contributed by atoms with Crippen molar-refractivity contribution in [3.63, 3.8) is 0 Å². The van der Waals surface area contributed by atoms with Gasteiger partial charge < -0.3 is 10.6 Å². The second-order valence-electron chi connectivity index (χ2n) is 5.70. The van der Waals surface area contributed by atoms with Crippen LogP contribution in [0.3, 0.4) is 0 Å². The molecule has 0 bridgehead atoms. The van der Waals surface area contributed by atoms with Gasteiger partial charge in [-0.25, -0.2) is 18.2 Å². The van der Waals surface area contributed by atoms with Gasteiger partial charge in [-0.15, -0.1) is 0 Å². The van der Waals surface area contributed by atoms with Gasteiger partial charge in [0.25, 0.3) is 0 Å². The molecule has 0 aliphatic carbocycles. The fourth-order valence-electron chi connectivity index (χ4n) is 2.52. The van der Waals surface area contributed by atoms with Crippen LogP contribution in [0.15, 0.2) is 42.5 Å². The summed E-state index contributed by atoms with van der Waals surface area (Å²) in [5.41, 5.74) is 2.38. The SMILES string of the molecule is CCc1ccccc1Nc1nc(C)cc(Nc2ccc(F)c(F)c2F)n1. The molecule has 2 N–H and O–H groups in total. The van der Waals surface area contributed by atoms with E-state index in [1.165, 1.54) is 0 Å². The molecule has 0 aliphatic heterocycles. The number of benzene rings is 2. The molecule has 0 amide bonds. The maximum atomic E-state index is 13.9. The summed E-state index contributed by atoms with van der Waals surface area (Å²) in [5.74, 6) is -3.50. The van der Waals surface area contributed by atoms with Crippen LogP contribution in [0, 0.1) is 24.4 Å². The minimum atomic E-state index is -1.53. The van der Waals surface area contributed by atoms with Crippen molar-refractivity contribution in [1.82, 2.24) is 9.97 Å². The van der Waals surface area contributed by atoms with Crippen LogP contribution in [0.1, 0.15) is 18.2 Å². The van der Waals surface area contributed by atoms with Crippen molar-refractivity contribution in [1.29, 1.82) is 0 Å². The van der Waals surface area contributed by atoms with Gasteiger partial charge in [-0.05, 0) is 37.1 Å². The van der Waals surface area contributed by atoms with E-state index < -0.39 is 17.5 Å². The van der Waals surface area contributed by atoms with Crippen LogP contribution in [-0.4, -0.2) is 9.97 Å². The molecule has 0 atom stereocenters. The first-order valence-corrected chi connectivity index (χ1v) is 8.09. The third-order valence-electron chi connectivity index (χ3n) is 3.80. The molecule has 0 saturated carbocycles.